The molecule has 2 rings (SSSR count). The molecule has 1 aromatic heterocycles. The van der Waals surface area contributed by atoms with E-state index in [0.29, 0.717) is 27.3 Å². The lowest BCUT2D eigenvalue weighted by molar-refractivity contribution is 0.112. The molecule has 0 aliphatic heterocycles. The number of phenolic OH excluding ortho intramolecular Hbond substituents is 1. The molecule has 0 saturated carbocycles. The molecule has 72 valence electrons. The number of methoxy groups -OCH3 is 1. The van der Waals surface area contributed by atoms with Crippen molar-refractivity contribution in [2.24, 2.45) is 0 Å². The fourth-order valence-corrected chi connectivity index (χ4v) is 2.09. The summed E-state index contributed by atoms with van der Waals surface area (Å²) in [5, 5.41) is 9.81. The lowest BCUT2D eigenvalue weighted by Gasteiger charge is -2.00. The Morgan fingerprint density at radius 3 is 3.00 bits per heavy atom. The molecule has 0 unspecified atom stereocenters. The number of fused-ring (bicyclic) bond motifs is 1. The van der Waals surface area contributed by atoms with Crippen LogP contribution in [0.1, 0.15) is 9.80 Å². The molecule has 0 saturated heterocycles. The normalized spacial score (nSPS) is 10.4. The number of rotatable bonds is 2. The number of aromatic nitrogens is 1. The minimum atomic E-state index is 0.0603. The Bertz CT molecular complexity index is 492. The van der Waals surface area contributed by atoms with Gasteiger partial charge in [0.2, 0.25) is 0 Å². The van der Waals surface area contributed by atoms with Gasteiger partial charge in [-0.1, -0.05) is 0 Å². The van der Waals surface area contributed by atoms with Crippen molar-refractivity contribution in [3.8, 4) is 11.5 Å². The molecule has 2 aromatic rings. The number of nitrogens with zero attached hydrogens (tertiary/aromatic N) is 1. The summed E-state index contributed by atoms with van der Waals surface area (Å²) in [5.41, 5.74) is 0.413. The van der Waals surface area contributed by atoms with Crippen molar-refractivity contribution in [1.29, 1.82) is 0 Å². The Kier molecular flexibility index (Phi) is 2.09. The van der Waals surface area contributed by atoms with Crippen molar-refractivity contribution in [2.45, 2.75) is 0 Å². The first-order chi connectivity index (χ1) is 6.76. The van der Waals surface area contributed by atoms with Gasteiger partial charge in [0.15, 0.2) is 11.3 Å². The fraction of sp³-hybridized carbons (Fsp3) is 0.111. The summed E-state index contributed by atoms with van der Waals surface area (Å²) >= 11 is 1.20. The van der Waals surface area contributed by atoms with Crippen molar-refractivity contribution in [3.05, 3.63) is 17.1 Å². The number of carbonyl (C=O) groups is 1. The van der Waals surface area contributed by atoms with Crippen LogP contribution in [0.5, 0.6) is 11.5 Å². The SMILES string of the molecule is COc1ccc(O)c2nc(C=O)sc12. The predicted octanol–water partition coefficient (Wildman–Crippen LogP) is 1.82. The number of hydrogen-bond donors (Lipinski definition) is 1. The van der Waals surface area contributed by atoms with Crippen LogP contribution in [0.3, 0.4) is 0 Å². The van der Waals surface area contributed by atoms with Gasteiger partial charge in [-0.25, -0.2) is 4.98 Å². The highest BCUT2D eigenvalue weighted by atomic mass is 32.1. The molecule has 5 heteroatoms. The fourth-order valence-electron chi connectivity index (χ4n) is 1.20. The van der Waals surface area contributed by atoms with Crippen LogP contribution < -0.4 is 4.74 Å². The molecule has 0 aliphatic rings. The maximum Gasteiger partial charge on any atom is 0.178 e. The molecule has 0 bridgehead atoms. The molecule has 0 atom stereocenters. The standard InChI is InChI=1S/C9H7NO3S/c1-13-6-3-2-5(12)8-9(6)14-7(4-11)10-8/h2-4,12H,1H3. The highest BCUT2D eigenvalue weighted by Crippen LogP contribution is 2.35. The topological polar surface area (TPSA) is 59.4 Å². The first-order valence-electron chi connectivity index (χ1n) is 3.88. The summed E-state index contributed by atoms with van der Waals surface area (Å²) in [6.07, 6.45) is 0.656. The van der Waals surface area contributed by atoms with Crippen LogP contribution in [0.2, 0.25) is 0 Å². The van der Waals surface area contributed by atoms with Crippen LogP contribution in [0.15, 0.2) is 12.1 Å². The zero-order chi connectivity index (χ0) is 10.1. The average molecular weight is 209 g/mol. The minimum absolute atomic E-state index is 0.0603. The van der Waals surface area contributed by atoms with E-state index in [1.165, 1.54) is 24.5 Å². The monoisotopic (exact) mass is 209 g/mol. The summed E-state index contributed by atoms with van der Waals surface area (Å²) in [5.74, 6) is 0.675. The van der Waals surface area contributed by atoms with E-state index < -0.39 is 0 Å². The van der Waals surface area contributed by atoms with E-state index in [-0.39, 0.29) is 5.75 Å². The molecular weight excluding hydrogens is 202 g/mol. The molecule has 0 fully saturated rings. The first kappa shape index (κ1) is 8.96. The highest BCUT2D eigenvalue weighted by molar-refractivity contribution is 7.20. The Labute approximate surface area is 83.8 Å². The molecule has 1 aromatic carbocycles. The third-order valence-electron chi connectivity index (χ3n) is 1.82. The van der Waals surface area contributed by atoms with E-state index in [1.807, 2.05) is 0 Å². The van der Waals surface area contributed by atoms with Gasteiger partial charge in [-0.2, -0.15) is 0 Å². The van der Waals surface area contributed by atoms with Crippen molar-refractivity contribution >= 4 is 27.8 Å². The molecule has 0 radical (unpaired) electrons. The summed E-state index contributed by atoms with van der Waals surface area (Å²) in [6, 6.07) is 3.14. The van der Waals surface area contributed by atoms with Gasteiger partial charge in [-0.05, 0) is 12.1 Å². The van der Waals surface area contributed by atoms with E-state index in [0.717, 1.165) is 0 Å². The van der Waals surface area contributed by atoms with Crippen LogP contribution in [0, 0.1) is 0 Å². The summed E-state index contributed by atoms with van der Waals surface area (Å²) in [7, 11) is 1.53. The number of aldehydes is 1. The summed E-state index contributed by atoms with van der Waals surface area (Å²) in [4.78, 5) is 14.5. The molecular formula is C9H7NO3S. The van der Waals surface area contributed by atoms with Crippen molar-refractivity contribution in [3.63, 3.8) is 0 Å². The molecule has 4 nitrogen and oxygen atoms in total. The molecule has 0 amide bonds. The summed E-state index contributed by atoms with van der Waals surface area (Å²) in [6.45, 7) is 0. The number of phenols is 1. The lowest BCUT2D eigenvalue weighted by Crippen LogP contribution is -1.82. The molecule has 1 heterocycles. The predicted molar refractivity (Wildman–Crippen MR) is 53.2 cm³/mol. The zero-order valence-corrected chi connectivity index (χ0v) is 8.17. The number of aromatic hydroxyl groups is 1. The van der Waals surface area contributed by atoms with Gasteiger partial charge in [-0.3, -0.25) is 4.79 Å². The number of benzene rings is 1. The Morgan fingerprint density at radius 1 is 1.57 bits per heavy atom. The lowest BCUT2D eigenvalue weighted by atomic mass is 10.3. The van der Waals surface area contributed by atoms with Gasteiger partial charge in [0.25, 0.3) is 0 Å². The second-order valence-corrected chi connectivity index (χ2v) is 3.67. The van der Waals surface area contributed by atoms with Gasteiger partial charge in [-0.15, -0.1) is 11.3 Å². The first-order valence-corrected chi connectivity index (χ1v) is 4.69. The van der Waals surface area contributed by atoms with Crippen LogP contribution in [-0.2, 0) is 0 Å². The van der Waals surface area contributed by atoms with E-state index in [9.17, 15) is 9.90 Å². The number of hydrogen-bond acceptors (Lipinski definition) is 5. The number of carbonyl (C=O) groups excluding carboxylic acids is 1. The van der Waals surface area contributed by atoms with Crippen LogP contribution >= 0.6 is 11.3 Å². The van der Waals surface area contributed by atoms with Gasteiger partial charge < -0.3 is 9.84 Å². The van der Waals surface area contributed by atoms with Gasteiger partial charge >= 0.3 is 0 Å². The maximum absolute atomic E-state index is 10.5. The van der Waals surface area contributed by atoms with Crippen molar-refractivity contribution in [1.82, 2.24) is 4.98 Å². The molecule has 1 N–H and O–H groups in total. The Morgan fingerprint density at radius 2 is 2.36 bits per heavy atom. The molecule has 14 heavy (non-hydrogen) atoms. The second kappa shape index (κ2) is 3.26. The van der Waals surface area contributed by atoms with Crippen molar-refractivity contribution < 1.29 is 14.6 Å². The van der Waals surface area contributed by atoms with Crippen molar-refractivity contribution in [2.75, 3.05) is 7.11 Å². The van der Waals surface area contributed by atoms with Crippen LogP contribution in [0.4, 0.5) is 0 Å². The van der Waals surface area contributed by atoms with E-state index >= 15 is 0 Å². The van der Waals surface area contributed by atoms with E-state index in [1.54, 1.807) is 6.07 Å². The van der Waals surface area contributed by atoms with E-state index in [2.05, 4.69) is 4.98 Å². The number of ether oxygens (including phenoxy) is 1. The smallest absolute Gasteiger partial charge is 0.178 e. The third kappa shape index (κ3) is 1.22. The Balaban J connectivity index is 2.81. The molecule has 0 spiro atoms. The minimum Gasteiger partial charge on any atom is -0.506 e. The Hall–Kier alpha value is -1.62. The van der Waals surface area contributed by atoms with Gasteiger partial charge in [0, 0.05) is 0 Å². The second-order valence-electron chi connectivity index (χ2n) is 2.63. The van der Waals surface area contributed by atoms with E-state index in [4.69, 9.17) is 4.74 Å². The van der Waals surface area contributed by atoms with Gasteiger partial charge in [0.05, 0.1) is 7.11 Å². The van der Waals surface area contributed by atoms with Gasteiger partial charge in [0.1, 0.15) is 21.7 Å². The third-order valence-corrected chi connectivity index (χ3v) is 2.82. The van der Waals surface area contributed by atoms with Crippen LogP contribution in [0.25, 0.3) is 10.2 Å². The molecule has 0 aliphatic carbocycles. The number of thiazole rings is 1. The average Bonchev–Trinajstić information content (AvgIpc) is 2.63. The highest BCUT2D eigenvalue weighted by Gasteiger charge is 2.11. The maximum atomic E-state index is 10.5. The van der Waals surface area contributed by atoms with Crippen LogP contribution in [-0.4, -0.2) is 23.5 Å². The quantitative estimate of drug-likeness (QED) is 0.766. The summed E-state index contributed by atoms with van der Waals surface area (Å²) < 4.78 is 5.77. The largest absolute Gasteiger partial charge is 0.506 e. The zero-order valence-electron chi connectivity index (χ0n) is 7.35.